The molecule has 3 saturated heterocycles. The molecule has 11 nitrogen and oxygen atoms in total. The number of hydrogen-bond donors (Lipinski definition) is 3. The van der Waals surface area contributed by atoms with Crippen molar-refractivity contribution in [3.63, 3.8) is 0 Å². The Morgan fingerprint density at radius 2 is 2.07 bits per heavy atom. The number of ether oxygens (including phenoxy) is 1. The van der Waals surface area contributed by atoms with Gasteiger partial charge < -0.3 is 25.4 Å². The van der Waals surface area contributed by atoms with E-state index in [1.165, 1.54) is 0 Å². The van der Waals surface area contributed by atoms with E-state index in [9.17, 15) is 9.90 Å². The number of benzene rings is 1. The summed E-state index contributed by atoms with van der Waals surface area (Å²) in [5, 5.41) is 16.6. The number of piperazine rings is 1. The first-order valence-corrected chi connectivity index (χ1v) is 15.3. The number of aryl methyl sites for hydroxylation is 1. The average Bonchev–Trinajstić information content (AvgIpc) is 3.72. The number of nitrogens with one attached hydrogen (secondary N) is 2. The van der Waals surface area contributed by atoms with Gasteiger partial charge in [-0.1, -0.05) is 12.1 Å². The summed E-state index contributed by atoms with van der Waals surface area (Å²) in [5.74, 6) is 1.98. The first-order valence-electron chi connectivity index (χ1n) is 14.5. The SMILES string of the molecule is Cc1cc(Nc2cc3nc(-c4cccc(C(=O)N[C@H]5CCCOC5)c4)sc3cn2)nc(N2C[C@@H]3C[C@H]2CN3CCO)n1. The van der Waals surface area contributed by atoms with Gasteiger partial charge in [-0.15, -0.1) is 11.3 Å². The second-order valence-electron chi connectivity index (χ2n) is 11.3. The van der Waals surface area contributed by atoms with Gasteiger partial charge >= 0.3 is 0 Å². The number of fused-ring (bicyclic) bond motifs is 3. The molecule has 2 bridgehead atoms. The molecule has 3 atom stereocenters. The molecular formula is C30H34N8O3S. The maximum absolute atomic E-state index is 12.9. The van der Waals surface area contributed by atoms with Crippen LogP contribution in [0.1, 0.15) is 35.3 Å². The highest BCUT2D eigenvalue weighted by molar-refractivity contribution is 7.21. The lowest BCUT2D eigenvalue weighted by molar-refractivity contribution is 0.0624. The van der Waals surface area contributed by atoms with Crippen LogP contribution in [0, 0.1) is 6.92 Å². The minimum absolute atomic E-state index is 0.0526. The van der Waals surface area contributed by atoms with E-state index in [4.69, 9.17) is 19.7 Å². The van der Waals surface area contributed by atoms with Gasteiger partial charge in [-0.05, 0) is 38.3 Å². The number of aromatic nitrogens is 4. The van der Waals surface area contributed by atoms with E-state index >= 15 is 0 Å². The highest BCUT2D eigenvalue weighted by atomic mass is 32.1. The number of pyridine rings is 1. The maximum atomic E-state index is 12.9. The standard InChI is InChI=1S/C30H34N8O3S/c1-18-10-27(36-30(32-18)38-16-22-12-23(38)15-37(22)7-8-39)35-26-13-24-25(14-31-26)42-29(34-24)20-5-2-4-19(11-20)28(40)33-21-6-3-9-41-17-21/h2,4-5,10-11,13-14,21-23,39H,3,6-9,12,15-17H2,1H3,(H,33,40)(H,31,32,35,36)/t21-,22-,23-/m0/s1. The number of carbonyl (C=O) groups excluding carboxylic acids is 1. The van der Waals surface area contributed by atoms with Crippen molar-refractivity contribution < 1.29 is 14.6 Å². The topological polar surface area (TPSA) is 129 Å². The van der Waals surface area contributed by atoms with Crippen LogP contribution in [0.4, 0.5) is 17.6 Å². The zero-order valence-electron chi connectivity index (χ0n) is 23.5. The van der Waals surface area contributed by atoms with E-state index in [0.717, 1.165) is 77.9 Å². The van der Waals surface area contributed by atoms with Crippen molar-refractivity contribution in [1.29, 1.82) is 0 Å². The number of aliphatic hydroxyl groups excluding tert-OH is 1. The van der Waals surface area contributed by atoms with E-state index in [1.54, 1.807) is 11.3 Å². The van der Waals surface area contributed by atoms with Crippen LogP contribution < -0.4 is 15.5 Å². The number of β-amino-alcohol motifs (C(OH)–C–C–N with tert-alkyl or cyclic N) is 1. The molecule has 0 radical (unpaired) electrons. The lowest BCUT2D eigenvalue weighted by Gasteiger charge is -2.34. The third-order valence-corrected chi connectivity index (χ3v) is 9.29. The first kappa shape index (κ1) is 27.1. The second kappa shape index (κ2) is 11.5. The molecule has 3 aliphatic heterocycles. The van der Waals surface area contributed by atoms with E-state index in [-0.39, 0.29) is 18.6 Å². The Morgan fingerprint density at radius 1 is 1.14 bits per heavy atom. The monoisotopic (exact) mass is 586 g/mol. The van der Waals surface area contributed by atoms with Gasteiger partial charge in [-0.3, -0.25) is 9.69 Å². The van der Waals surface area contributed by atoms with Crippen LogP contribution in [0.2, 0.25) is 0 Å². The number of amides is 1. The van der Waals surface area contributed by atoms with Gasteiger partial charge in [0.15, 0.2) is 0 Å². The number of rotatable bonds is 8. The highest BCUT2D eigenvalue weighted by Crippen LogP contribution is 2.34. The zero-order valence-corrected chi connectivity index (χ0v) is 24.3. The molecule has 3 aromatic heterocycles. The van der Waals surface area contributed by atoms with Crippen molar-refractivity contribution in [3.8, 4) is 10.6 Å². The lowest BCUT2D eigenvalue weighted by atomic mass is 10.1. The van der Waals surface area contributed by atoms with Crippen LogP contribution in [0.3, 0.4) is 0 Å². The predicted molar refractivity (Wildman–Crippen MR) is 162 cm³/mol. The molecule has 3 fully saturated rings. The van der Waals surface area contributed by atoms with Gasteiger partial charge in [0.05, 0.1) is 29.5 Å². The van der Waals surface area contributed by atoms with Gasteiger partial charge in [0.1, 0.15) is 16.6 Å². The Balaban J connectivity index is 1.07. The third kappa shape index (κ3) is 5.54. The van der Waals surface area contributed by atoms with Crippen LogP contribution in [-0.2, 0) is 4.74 Å². The summed E-state index contributed by atoms with van der Waals surface area (Å²) >= 11 is 1.55. The molecule has 1 aromatic carbocycles. The van der Waals surface area contributed by atoms with E-state index in [0.29, 0.717) is 35.9 Å². The van der Waals surface area contributed by atoms with Gasteiger partial charge in [0, 0.05) is 73.5 Å². The Morgan fingerprint density at radius 3 is 2.88 bits per heavy atom. The number of likely N-dealkylation sites (tertiary alicyclic amines) is 1. The quantitative estimate of drug-likeness (QED) is 0.283. The number of nitrogens with zero attached hydrogens (tertiary/aromatic N) is 6. The van der Waals surface area contributed by atoms with Crippen LogP contribution in [0.5, 0.6) is 0 Å². The fraction of sp³-hybridized carbons (Fsp3) is 0.433. The summed E-state index contributed by atoms with van der Waals surface area (Å²) in [6.07, 6.45) is 4.80. The number of hydrogen-bond acceptors (Lipinski definition) is 11. The first-order chi connectivity index (χ1) is 20.5. The van der Waals surface area contributed by atoms with Crippen molar-refractivity contribution in [3.05, 3.63) is 53.9 Å². The summed E-state index contributed by atoms with van der Waals surface area (Å²) in [7, 11) is 0. The maximum Gasteiger partial charge on any atom is 0.251 e. The smallest absolute Gasteiger partial charge is 0.251 e. The molecule has 12 heteroatoms. The molecule has 42 heavy (non-hydrogen) atoms. The Kier molecular flexibility index (Phi) is 7.45. The van der Waals surface area contributed by atoms with Gasteiger partial charge in [-0.25, -0.2) is 15.0 Å². The highest BCUT2D eigenvalue weighted by Gasteiger charge is 2.44. The number of aliphatic hydroxyl groups is 1. The van der Waals surface area contributed by atoms with Crippen molar-refractivity contribution in [1.82, 2.24) is 30.2 Å². The molecule has 3 N–H and O–H groups in total. The lowest BCUT2D eigenvalue weighted by Crippen LogP contribution is -2.47. The summed E-state index contributed by atoms with van der Waals surface area (Å²) in [6, 6.07) is 12.3. The van der Waals surface area contributed by atoms with Crippen LogP contribution in [0.15, 0.2) is 42.6 Å². The fourth-order valence-corrected chi connectivity index (χ4v) is 7.13. The van der Waals surface area contributed by atoms with E-state index < -0.39 is 0 Å². The number of anilines is 3. The molecule has 218 valence electrons. The Hall–Kier alpha value is -3.71. The van der Waals surface area contributed by atoms with Gasteiger partial charge in [0.2, 0.25) is 5.95 Å². The van der Waals surface area contributed by atoms with E-state index in [2.05, 4.69) is 25.4 Å². The van der Waals surface area contributed by atoms with Gasteiger partial charge in [-0.2, -0.15) is 4.98 Å². The minimum atomic E-state index is -0.0922. The van der Waals surface area contributed by atoms with Gasteiger partial charge in [0.25, 0.3) is 5.91 Å². The molecule has 0 aliphatic carbocycles. The summed E-state index contributed by atoms with van der Waals surface area (Å²) < 4.78 is 6.46. The third-order valence-electron chi connectivity index (χ3n) is 8.24. The predicted octanol–water partition coefficient (Wildman–Crippen LogP) is 3.36. The van der Waals surface area contributed by atoms with Crippen LogP contribution >= 0.6 is 11.3 Å². The van der Waals surface area contributed by atoms with Crippen molar-refractivity contribution in [2.24, 2.45) is 0 Å². The second-order valence-corrected chi connectivity index (χ2v) is 12.3. The summed E-state index contributed by atoms with van der Waals surface area (Å²) in [4.78, 5) is 36.6. The molecule has 6 heterocycles. The van der Waals surface area contributed by atoms with Crippen LogP contribution in [-0.4, -0.2) is 93.4 Å². The van der Waals surface area contributed by atoms with E-state index in [1.807, 2.05) is 49.5 Å². The normalized spacial score (nSPS) is 22.1. The summed E-state index contributed by atoms with van der Waals surface area (Å²) in [5.41, 5.74) is 3.22. The molecular weight excluding hydrogens is 552 g/mol. The van der Waals surface area contributed by atoms with Crippen molar-refractivity contribution in [2.45, 2.75) is 44.3 Å². The largest absolute Gasteiger partial charge is 0.395 e. The number of thiazole rings is 1. The molecule has 0 spiro atoms. The molecule has 4 aromatic rings. The van der Waals surface area contributed by atoms with Crippen LogP contribution in [0.25, 0.3) is 20.8 Å². The Labute approximate surface area is 248 Å². The van der Waals surface area contributed by atoms with Crippen molar-refractivity contribution in [2.75, 3.05) is 49.7 Å². The molecule has 1 amide bonds. The zero-order chi connectivity index (χ0) is 28.6. The number of carbonyl (C=O) groups is 1. The molecule has 0 saturated carbocycles. The molecule has 0 unspecified atom stereocenters. The molecule has 3 aliphatic rings. The molecule has 7 rings (SSSR count). The van der Waals surface area contributed by atoms with Crippen molar-refractivity contribution >= 4 is 45.0 Å². The fourth-order valence-electron chi connectivity index (χ4n) is 6.22. The average molecular weight is 587 g/mol. The summed E-state index contributed by atoms with van der Waals surface area (Å²) in [6.45, 7) is 6.01. The minimum Gasteiger partial charge on any atom is -0.395 e. The Bertz CT molecular complexity index is 1610.